The van der Waals surface area contributed by atoms with Crippen molar-refractivity contribution in [3.05, 3.63) is 54.1 Å². The number of carbonyl (C=O) groups excluding carboxylic acids is 1. The van der Waals surface area contributed by atoms with E-state index in [0.717, 1.165) is 5.56 Å². The molecule has 2 aromatic rings. The molecule has 6 nitrogen and oxygen atoms in total. The number of aryl methyl sites for hydroxylation is 1. The van der Waals surface area contributed by atoms with Gasteiger partial charge in [0.1, 0.15) is 5.75 Å². The fraction of sp³-hybridized carbons (Fsp3) is 0.278. The van der Waals surface area contributed by atoms with Gasteiger partial charge in [-0.1, -0.05) is 25.1 Å². The van der Waals surface area contributed by atoms with Gasteiger partial charge in [-0.15, -0.1) is 0 Å². The van der Waals surface area contributed by atoms with Crippen LogP contribution in [0.25, 0.3) is 0 Å². The lowest BCUT2D eigenvalue weighted by atomic mass is 10.1. The fourth-order valence-corrected chi connectivity index (χ4v) is 3.33. The van der Waals surface area contributed by atoms with Gasteiger partial charge in [0.05, 0.1) is 12.0 Å². The first-order valence-electron chi connectivity index (χ1n) is 7.97. The Morgan fingerprint density at radius 2 is 1.84 bits per heavy atom. The summed E-state index contributed by atoms with van der Waals surface area (Å²) in [5.74, 6) is 0.563. The van der Waals surface area contributed by atoms with E-state index in [1.165, 1.54) is 0 Å². The second kappa shape index (κ2) is 8.64. The summed E-state index contributed by atoms with van der Waals surface area (Å²) in [6.07, 6.45) is 0.827. The van der Waals surface area contributed by atoms with Gasteiger partial charge in [0, 0.05) is 24.7 Å². The molecule has 0 unspecified atom stereocenters. The molecule has 0 spiro atoms. The minimum absolute atomic E-state index is 0.113. The smallest absolute Gasteiger partial charge is 0.240 e. The quantitative estimate of drug-likeness (QED) is 0.756. The molecule has 7 heteroatoms. The maximum Gasteiger partial charge on any atom is 0.240 e. The van der Waals surface area contributed by atoms with Crippen molar-refractivity contribution < 1.29 is 17.9 Å². The predicted octanol–water partition coefficient (Wildman–Crippen LogP) is 2.56. The monoisotopic (exact) mass is 362 g/mol. The number of ether oxygens (including phenoxy) is 1. The zero-order chi connectivity index (χ0) is 18.3. The molecule has 134 valence electrons. The van der Waals surface area contributed by atoms with Crippen molar-refractivity contribution in [2.24, 2.45) is 0 Å². The molecular weight excluding hydrogens is 340 g/mol. The zero-order valence-electron chi connectivity index (χ0n) is 14.3. The molecule has 0 aliphatic rings. The van der Waals surface area contributed by atoms with Crippen LogP contribution in [0.15, 0.2) is 53.4 Å². The molecule has 25 heavy (non-hydrogen) atoms. The number of carbonyl (C=O) groups is 1. The lowest BCUT2D eigenvalue weighted by Crippen LogP contribution is -2.23. The SMILES string of the molecule is CCNS(=O)(=O)c1ccc(CCC(=O)Nc2cccc(OC)c2)cc1. The highest BCUT2D eigenvalue weighted by atomic mass is 32.2. The van der Waals surface area contributed by atoms with Crippen LogP contribution in [-0.2, 0) is 21.2 Å². The van der Waals surface area contributed by atoms with Crippen molar-refractivity contribution in [2.45, 2.75) is 24.7 Å². The number of hydrogen-bond acceptors (Lipinski definition) is 4. The van der Waals surface area contributed by atoms with Gasteiger partial charge in [-0.25, -0.2) is 13.1 Å². The van der Waals surface area contributed by atoms with Crippen LogP contribution in [0, 0.1) is 0 Å². The van der Waals surface area contributed by atoms with E-state index >= 15 is 0 Å². The number of anilines is 1. The van der Waals surface area contributed by atoms with Gasteiger partial charge in [0.15, 0.2) is 0 Å². The normalized spacial score (nSPS) is 11.1. The summed E-state index contributed by atoms with van der Waals surface area (Å²) in [6, 6.07) is 13.7. The molecule has 0 aliphatic heterocycles. The summed E-state index contributed by atoms with van der Waals surface area (Å²) in [5.41, 5.74) is 1.58. The van der Waals surface area contributed by atoms with E-state index in [9.17, 15) is 13.2 Å². The molecule has 0 aliphatic carbocycles. The maximum absolute atomic E-state index is 12.0. The van der Waals surface area contributed by atoms with Crippen molar-refractivity contribution in [3.63, 3.8) is 0 Å². The van der Waals surface area contributed by atoms with E-state index in [0.29, 0.717) is 30.8 Å². The number of hydrogen-bond donors (Lipinski definition) is 2. The number of benzene rings is 2. The molecule has 0 fully saturated rings. The van der Waals surface area contributed by atoms with Gasteiger partial charge in [-0.2, -0.15) is 0 Å². The van der Waals surface area contributed by atoms with Crippen LogP contribution < -0.4 is 14.8 Å². The van der Waals surface area contributed by atoms with Crippen LogP contribution in [0.2, 0.25) is 0 Å². The summed E-state index contributed by atoms with van der Waals surface area (Å²) in [6.45, 7) is 2.07. The van der Waals surface area contributed by atoms with Crippen LogP contribution in [-0.4, -0.2) is 28.0 Å². The Balaban J connectivity index is 1.91. The van der Waals surface area contributed by atoms with Gasteiger partial charge in [-0.05, 0) is 36.2 Å². The lowest BCUT2D eigenvalue weighted by Gasteiger charge is -2.08. The summed E-state index contributed by atoms with van der Waals surface area (Å²) in [5, 5.41) is 2.81. The first kappa shape index (κ1) is 19.0. The number of amides is 1. The number of sulfonamides is 1. The van der Waals surface area contributed by atoms with E-state index in [1.54, 1.807) is 62.6 Å². The Hall–Kier alpha value is -2.38. The van der Waals surface area contributed by atoms with Crippen molar-refractivity contribution in [2.75, 3.05) is 19.0 Å². The van der Waals surface area contributed by atoms with Crippen molar-refractivity contribution >= 4 is 21.6 Å². The van der Waals surface area contributed by atoms with E-state index in [1.807, 2.05) is 0 Å². The van der Waals surface area contributed by atoms with E-state index < -0.39 is 10.0 Å². The third-order valence-corrected chi connectivity index (χ3v) is 5.12. The molecule has 0 aromatic heterocycles. The Morgan fingerprint density at radius 3 is 2.48 bits per heavy atom. The molecule has 0 saturated carbocycles. The second-order valence-corrected chi connectivity index (χ2v) is 7.19. The Bertz CT molecular complexity index is 817. The standard InChI is InChI=1S/C18H22N2O4S/c1-3-19-25(22,23)17-10-7-14(8-11-17)9-12-18(21)20-15-5-4-6-16(13-15)24-2/h4-8,10-11,13,19H,3,9,12H2,1-2H3,(H,20,21). The second-order valence-electron chi connectivity index (χ2n) is 5.43. The summed E-state index contributed by atoms with van der Waals surface area (Å²) >= 11 is 0. The van der Waals surface area contributed by atoms with Crippen LogP contribution in [0.3, 0.4) is 0 Å². The highest BCUT2D eigenvalue weighted by Crippen LogP contribution is 2.17. The molecule has 0 radical (unpaired) electrons. The third kappa shape index (κ3) is 5.58. The first-order valence-corrected chi connectivity index (χ1v) is 9.45. The van der Waals surface area contributed by atoms with E-state index in [4.69, 9.17) is 4.74 Å². The molecule has 0 saturated heterocycles. The van der Waals surface area contributed by atoms with Crippen LogP contribution in [0.4, 0.5) is 5.69 Å². The van der Waals surface area contributed by atoms with Crippen LogP contribution in [0.1, 0.15) is 18.9 Å². The predicted molar refractivity (Wildman–Crippen MR) is 97.2 cm³/mol. The minimum Gasteiger partial charge on any atom is -0.497 e. The summed E-state index contributed by atoms with van der Waals surface area (Å²) < 4.78 is 31.3. The Labute approximate surface area is 148 Å². The zero-order valence-corrected chi connectivity index (χ0v) is 15.1. The van der Waals surface area contributed by atoms with Gasteiger partial charge < -0.3 is 10.1 Å². The summed E-state index contributed by atoms with van der Waals surface area (Å²) in [7, 11) is -1.88. The van der Waals surface area contributed by atoms with Gasteiger partial charge in [-0.3, -0.25) is 4.79 Å². The highest BCUT2D eigenvalue weighted by molar-refractivity contribution is 7.89. The number of rotatable bonds is 8. The number of methoxy groups -OCH3 is 1. The molecule has 1 amide bonds. The Morgan fingerprint density at radius 1 is 1.12 bits per heavy atom. The molecule has 0 bridgehead atoms. The first-order chi connectivity index (χ1) is 11.9. The fourth-order valence-electron chi connectivity index (χ4n) is 2.29. The average Bonchev–Trinajstić information content (AvgIpc) is 2.60. The Kier molecular flexibility index (Phi) is 6.55. The number of nitrogens with one attached hydrogen (secondary N) is 2. The lowest BCUT2D eigenvalue weighted by molar-refractivity contribution is -0.116. The summed E-state index contributed by atoms with van der Waals surface area (Å²) in [4.78, 5) is 12.3. The van der Waals surface area contributed by atoms with Gasteiger partial charge >= 0.3 is 0 Å². The molecule has 2 rings (SSSR count). The molecule has 2 aromatic carbocycles. The van der Waals surface area contributed by atoms with Crippen LogP contribution in [0.5, 0.6) is 5.75 Å². The highest BCUT2D eigenvalue weighted by Gasteiger charge is 2.12. The van der Waals surface area contributed by atoms with Crippen molar-refractivity contribution in [1.29, 1.82) is 0 Å². The van der Waals surface area contributed by atoms with Crippen molar-refractivity contribution in [3.8, 4) is 5.75 Å². The maximum atomic E-state index is 12.0. The minimum atomic E-state index is -3.45. The average molecular weight is 362 g/mol. The van der Waals surface area contributed by atoms with E-state index in [2.05, 4.69) is 10.0 Å². The molecule has 0 heterocycles. The molecule has 0 atom stereocenters. The van der Waals surface area contributed by atoms with Crippen LogP contribution >= 0.6 is 0 Å². The van der Waals surface area contributed by atoms with Gasteiger partial charge in [0.2, 0.25) is 15.9 Å². The largest absolute Gasteiger partial charge is 0.497 e. The van der Waals surface area contributed by atoms with E-state index in [-0.39, 0.29) is 10.8 Å². The molecule has 2 N–H and O–H groups in total. The topological polar surface area (TPSA) is 84.5 Å². The third-order valence-electron chi connectivity index (χ3n) is 3.56. The molecular formula is C18H22N2O4S. The van der Waals surface area contributed by atoms with Gasteiger partial charge in [0.25, 0.3) is 0 Å². The van der Waals surface area contributed by atoms with Crippen molar-refractivity contribution in [1.82, 2.24) is 4.72 Å².